The Morgan fingerprint density at radius 1 is 1.35 bits per heavy atom. The fourth-order valence-electron chi connectivity index (χ4n) is 3.41. The quantitative estimate of drug-likeness (QED) is 0.748. The summed E-state index contributed by atoms with van der Waals surface area (Å²) in [7, 11) is 0. The van der Waals surface area contributed by atoms with Crippen molar-refractivity contribution in [1.82, 2.24) is 19.2 Å². The Morgan fingerprint density at radius 2 is 2.19 bits per heavy atom. The van der Waals surface area contributed by atoms with Gasteiger partial charge in [0.05, 0.1) is 24.4 Å². The van der Waals surface area contributed by atoms with Crippen LogP contribution in [0.4, 0.5) is 5.95 Å². The maximum absolute atomic E-state index is 13.1. The maximum atomic E-state index is 13.1. The first kappa shape index (κ1) is 16.3. The standard InChI is InChI=1S/C18H19N7O/c19-8-13-4-1-2-5-14(13)10-24-17(26)16-9-21-12-25(16)22-18(24)23-7-3-6-15(20)11-23/h1-2,4-5,9,12,15H,3,6-7,10-11,20H2/t15-/m1/s1. The van der Waals surface area contributed by atoms with Gasteiger partial charge >= 0.3 is 0 Å². The lowest BCUT2D eigenvalue weighted by molar-refractivity contribution is 0.487. The van der Waals surface area contributed by atoms with Crippen LogP contribution in [0, 0.1) is 11.3 Å². The Kier molecular flexibility index (Phi) is 4.14. The average Bonchev–Trinajstić information content (AvgIpc) is 3.13. The lowest BCUT2D eigenvalue weighted by atomic mass is 10.1. The lowest BCUT2D eigenvalue weighted by Crippen LogP contribution is -2.46. The fraction of sp³-hybridized carbons (Fsp3) is 0.333. The minimum absolute atomic E-state index is 0.0546. The van der Waals surface area contributed by atoms with Crippen LogP contribution >= 0.6 is 0 Å². The summed E-state index contributed by atoms with van der Waals surface area (Å²) in [6.45, 7) is 1.71. The van der Waals surface area contributed by atoms with Crippen LogP contribution in [-0.4, -0.2) is 38.3 Å². The fourth-order valence-corrected chi connectivity index (χ4v) is 3.41. The molecule has 2 N–H and O–H groups in total. The molecule has 132 valence electrons. The number of nitriles is 1. The van der Waals surface area contributed by atoms with E-state index in [-0.39, 0.29) is 18.1 Å². The van der Waals surface area contributed by atoms with Crippen molar-refractivity contribution in [3.05, 3.63) is 58.3 Å². The van der Waals surface area contributed by atoms with Gasteiger partial charge in [0.2, 0.25) is 5.95 Å². The molecule has 8 heteroatoms. The average molecular weight is 349 g/mol. The molecule has 2 aromatic heterocycles. The number of hydrogen-bond acceptors (Lipinski definition) is 6. The van der Waals surface area contributed by atoms with E-state index in [9.17, 15) is 10.1 Å². The summed E-state index contributed by atoms with van der Waals surface area (Å²) < 4.78 is 3.12. The van der Waals surface area contributed by atoms with Gasteiger partial charge in [-0.3, -0.25) is 9.36 Å². The van der Waals surface area contributed by atoms with Crippen molar-refractivity contribution in [2.24, 2.45) is 5.73 Å². The molecule has 0 amide bonds. The van der Waals surface area contributed by atoms with Crippen molar-refractivity contribution in [3.8, 4) is 6.07 Å². The molecule has 8 nitrogen and oxygen atoms in total. The van der Waals surface area contributed by atoms with Crippen LogP contribution in [0.2, 0.25) is 0 Å². The van der Waals surface area contributed by atoms with Gasteiger partial charge in [0.25, 0.3) is 5.56 Å². The minimum Gasteiger partial charge on any atom is -0.339 e. The van der Waals surface area contributed by atoms with Crippen molar-refractivity contribution >= 4 is 11.5 Å². The lowest BCUT2D eigenvalue weighted by Gasteiger charge is -2.32. The first-order chi connectivity index (χ1) is 12.7. The van der Waals surface area contributed by atoms with Gasteiger partial charge in [0.15, 0.2) is 5.52 Å². The summed E-state index contributed by atoms with van der Waals surface area (Å²) in [5.41, 5.74) is 7.68. The molecule has 1 fully saturated rings. The number of benzene rings is 1. The summed E-state index contributed by atoms with van der Waals surface area (Å²) in [6.07, 6.45) is 4.95. The third kappa shape index (κ3) is 2.82. The molecule has 1 aliphatic heterocycles. The molecule has 0 bridgehead atoms. The number of nitrogens with two attached hydrogens (primary N) is 1. The summed E-state index contributed by atoms with van der Waals surface area (Å²) in [5.74, 6) is 0.559. The Balaban J connectivity index is 1.86. The summed E-state index contributed by atoms with van der Waals surface area (Å²) in [4.78, 5) is 19.1. The molecular formula is C18H19N7O. The molecular weight excluding hydrogens is 330 g/mol. The number of anilines is 1. The number of fused-ring (bicyclic) bond motifs is 1. The summed E-state index contributed by atoms with van der Waals surface area (Å²) in [6, 6.07) is 9.53. The molecule has 0 saturated carbocycles. The van der Waals surface area contributed by atoms with Crippen molar-refractivity contribution in [2.45, 2.75) is 25.4 Å². The van der Waals surface area contributed by atoms with E-state index >= 15 is 0 Å². The first-order valence-electron chi connectivity index (χ1n) is 8.59. The van der Waals surface area contributed by atoms with E-state index in [0.29, 0.717) is 23.6 Å². The van der Waals surface area contributed by atoms with E-state index in [1.165, 1.54) is 17.0 Å². The van der Waals surface area contributed by atoms with Crippen molar-refractivity contribution in [3.63, 3.8) is 0 Å². The summed E-state index contributed by atoms with van der Waals surface area (Å²) >= 11 is 0. The number of nitrogens with zero attached hydrogens (tertiary/aromatic N) is 6. The van der Waals surface area contributed by atoms with Crippen LogP contribution in [0.15, 0.2) is 41.6 Å². The molecule has 0 radical (unpaired) electrons. The first-order valence-corrected chi connectivity index (χ1v) is 8.59. The Hall–Kier alpha value is -3.18. The van der Waals surface area contributed by atoms with Crippen molar-refractivity contribution in [1.29, 1.82) is 5.26 Å². The second-order valence-electron chi connectivity index (χ2n) is 6.53. The number of rotatable bonds is 3. The maximum Gasteiger partial charge on any atom is 0.281 e. The number of imidazole rings is 1. The number of hydrogen-bond donors (Lipinski definition) is 1. The highest BCUT2D eigenvalue weighted by atomic mass is 16.1. The van der Waals surface area contributed by atoms with Crippen LogP contribution in [0.5, 0.6) is 0 Å². The third-order valence-corrected chi connectivity index (χ3v) is 4.73. The molecule has 1 saturated heterocycles. The van der Waals surface area contributed by atoms with Crippen LogP contribution < -0.4 is 16.2 Å². The smallest absolute Gasteiger partial charge is 0.281 e. The number of piperidine rings is 1. The minimum atomic E-state index is -0.181. The predicted octanol–water partition coefficient (Wildman–Crippen LogP) is 0.738. The second-order valence-corrected chi connectivity index (χ2v) is 6.53. The molecule has 1 aliphatic rings. The third-order valence-electron chi connectivity index (χ3n) is 4.73. The predicted molar refractivity (Wildman–Crippen MR) is 96.9 cm³/mol. The van der Waals surface area contributed by atoms with Crippen molar-refractivity contribution in [2.75, 3.05) is 18.0 Å². The molecule has 1 atom stereocenters. The van der Waals surface area contributed by atoms with Gasteiger partial charge in [-0.25, -0.2) is 9.50 Å². The van der Waals surface area contributed by atoms with Gasteiger partial charge < -0.3 is 10.6 Å². The zero-order valence-electron chi connectivity index (χ0n) is 14.2. The summed E-state index contributed by atoms with van der Waals surface area (Å²) in [5, 5.41) is 14.0. The molecule has 0 unspecified atom stereocenters. The molecule has 4 rings (SSSR count). The zero-order valence-corrected chi connectivity index (χ0v) is 14.2. The highest BCUT2D eigenvalue weighted by molar-refractivity contribution is 5.46. The molecule has 0 aliphatic carbocycles. The Bertz CT molecular complexity index is 1050. The van der Waals surface area contributed by atoms with E-state index < -0.39 is 0 Å². The highest BCUT2D eigenvalue weighted by Crippen LogP contribution is 2.18. The Morgan fingerprint density at radius 3 is 3.00 bits per heavy atom. The SMILES string of the molecule is N#Cc1ccccc1Cn1c(N2CCC[C@@H](N)C2)nn2cncc2c1=O. The van der Waals surface area contributed by atoms with E-state index in [0.717, 1.165) is 24.9 Å². The molecule has 0 spiro atoms. The number of aromatic nitrogens is 4. The van der Waals surface area contributed by atoms with Crippen LogP contribution in [0.3, 0.4) is 0 Å². The molecule has 3 heterocycles. The molecule has 26 heavy (non-hydrogen) atoms. The van der Waals surface area contributed by atoms with Gasteiger partial charge in [-0.05, 0) is 24.5 Å². The zero-order chi connectivity index (χ0) is 18.1. The van der Waals surface area contributed by atoms with Crippen LogP contribution in [0.1, 0.15) is 24.0 Å². The van der Waals surface area contributed by atoms with Crippen molar-refractivity contribution < 1.29 is 0 Å². The second kappa shape index (κ2) is 6.61. The molecule has 1 aromatic carbocycles. The Labute approximate surface area is 150 Å². The van der Waals surface area contributed by atoms with Gasteiger partial charge in [-0.15, -0.1) is 5.10 Å². The van der Waals surface area contributed by atoms with Gasteiger partial charge in [0.1, 0.15) is 6.33 Å². The van der Waals surface area contributed by atoms with Crippen LogP contribution in [0.25, 0.3) is 5.52 Å². The van der Waals surface area contributed by atoms with Crippen LogP contribution in [-0.2, 0) is 6.54 Å². The van der Waals surface area contributed by atoms with Gasteiger partial charge in [-0.2, -0.15) is 5.26 Å². The highest BCUT2D eigenvalue weighted by Gasteiger charge is 2.23. The van der Waals surface area contributed by atoms with Gasteiger partial charge in [-0.1, -0.05) is 18.2 Å². The van der Waals surface area contributed by atoms with E-state index in [2.05, 4.69) is 16.2 Å². The van der Waals surface area contributed by atoms with E-state index in [4.69, 9.17) is 5.73 Å². The molecule has 3 aromatic rings. The normalized spacial score (nSPS) is 17.4. The van der Waals surface area contributed by atoms with E-state index in [1.807, 2.05) is 23.1 Å². The topological polar surface area (TPSA) is 105 Å². The largest absolute Gasteiger partial charge is 0.339 e. The monoisotopic (exact) mass is 349 g/mol. The van der Waals surface area contributed by atoms with E-state index in [1.54, 1.807) is 10.6 Å². The van der Waals surface area contributed by atoms with Gasteiger partial charge in [0, 0.05) is 19.1 Å².